The highest BCUT2D eigenvalue weighted by Gasteiger charge is 2.09. The van der Waals surface area contributed by atoms with Gasteiger partial charge in [0.15, 0.2) is 0 Å². The number of benzene rings is 1. The molecular formula is C16H23NO3. The molecule has 0 fully saturated rings. The summed E-state index contributed by atoms with van der Waals surface area (Å²) >= 11 is 0. The zero-order valence-corrected chi connectivity index (χ0v) is 12.2. The monoisotopic (exact) mass is 277 g/mol. The van der Waals surface area contributed by atoms with Crippen molar-refractivity contribution in [2.75, 3.05) is 40.5 Å². The number of ether oxygens (including phenoxy) is 2. The topological polar surface area (TPSA) is 38.8 Å². The first kappa shape index (κ1) is 16.4. The average molecular weight is 277 g/mol. The molecule has 0 aromatic heterocycles. The van der Waals surface area contributed by atoms with E-state index in [-0.39, 0.29) is 5.91 Å². The molecule has 0 unspecified atom stereocenters. The van der Waals surface area contributed by atoms with Crippen molar-refractivity contribution in [2.24, 2.45) is 0 Å². The van der Waals surface area contributed by atoms with Crippen LogP contribution in [0, 0.1) is 0 Å². The summed E-state index contributed by atoms with van der Waals surface area (Å²) in [6.07, 6.45) is 4.27. The summed E-state index contributed by atoms with van der Waals surface area (Å²) in [7, 11) is 3.30. The Bertz CT molecular complexity index is 403. The van der Waals surface area contributed by atoms with Crippen LogP contribution in [0.25, 0.3) is 6.08 Å². The smallest absolute Gasteiger partial charge is 0.246 e. The van der Waals surface area contributed by atoms with Gasteiger partial charge in [-0.25, -0.2) is 0 Å². The Labute approximate surface area is 121 Å². The van der Waals surface area contributed by atoms with Gasteiger partial charge in [-0.05, 0) is 18.1 Å². The maximum absolute atomic E-state index is 12.2. The zero-order valence-electron chi connectivity index (χ0n) is 12.2. The standard InChI is InChI=1S/C16H23NO3/c1-19-13-6-11-17(12-14-20-2)16(18)10-9-15-7-4-3-5-8-15/h3-5,7-10H,6,11-14H2,1-2H3. The Hall–Kier alpha value is -1.65. The minimum absolute atomic E-state index is 0.00186. The van der Waals surface area contributed by atoms with Crippen LogP contribution >= 0.6 is 0 Å². The molecule has 1 aromatic rings. The second kappa shape index (κ2) is 10.2. The molecule has 0 radical (unpaired) electrons. The van der Waals surface area contributed by atoms with Crippen molar-refractivity contribution in [1.82, 2.24) is 4.90 Å². The molecule has 1 rings (SSSR count). The quantitative estimate of drug-likeness (QED) is 0.513. The second-order valence-corrected chi connectivity index (χ2v) is 4.41. The van der Waals surface area contributed by atoms with Crippen molar-refractivity contribution in [1.29, 1.82) is 0 Å². The highest BCUT2D eigenvalue weighted by Crippen LogP contribution is 2.03. The molecule has 0 atom stereocenters. The van der Waals surface area contributed by atoms with E-state index in [1.807, 2.05) is 36.4 Å². The van der Waals surface area contributed by atoms with Crippen LogP contribution in [0.3, 0.4) is 0 Å². The highest BCUT2D eigenvalue weighted by atomic mass is 16.5. The molecule has 4 nitrogen and oxygen atoms in total. The molecule has 110 valence electrons. The summed E-state index contributed by atoms with van der Waals surface area (Å²) in [5.41, 5.74) is 1.02. The van der Waals surface area contributed by atoms with Gasteiger partial charge in [-0.2, -0.15) is 0 Å². The zero-order chi connectivity index (χ0) is 14.6. The predicted molar refractivity (Wildman–Crippen MR) is 80.4 cm³/mol. The number of hydrogen-bond donors (Lipinski definition) is 0. The first-order chi connectivity index (χ1) is 9.77. The van der Waals surface area contributed by atoms with E-state index in [9.17, 15) is 4.79 Å². The Morgan fingerprint density at radius 2 is 1.80 bits per heavy atom. The molecule has 0 saturated heterocycles. The van der Waals surface area contributed by atoms with Gasteiger partial charge in [0.2, 0.25) is 5.91 Å². The van der Waals surface area contributed by atoms with Crippen molar-refractivity contribution < 1.29 is 14.3 Å². The van der Waals surface area contributed by atoms with Crippen molar-refractivity contribution in [2.45, 2.75) is 6.42 Å². The summed E-state index contributed by atoms with van der Waals surface area (Å²) in [5, 5.41) is 0. The lowest BCUT2D eigenvalue weighted by Crippen LogP contribution is -2.34. The van der Waals surface area contributed by atoms with E-state index < -0.39 is 0 Å². The van der Waals surface area contributed by atoms with E-state index in [2.05, 4.69) is 0 Å². The lowest BCUT2D eigenvalue weighted by atomic mass is 10.2. The fourth-order valence-electron chi connectivity index (χ4n) is 1.77. The minimum Gasteiger partial charge on any atom is -0.385 e. The molecule has 0 aliphatic heterocycles. The molecule has 0 aliphatic rings. The third kappa shape index (κ3) is 6.50. The molecule has 0 aliphatic carbocycles. The number of hydrogen-bond acceptors (Lipinski definition) is 3. The minimum atomic E-state index is 0.00186. The maximum atomic E-state index is 12.2. The Balaban J connectivity index is 2.55. The SMILES string of the molecule is COCCCN(CCOC)C(=O)C=Cc1ccccc1. The van der Waals surface area contributed by atoms with E-state index in [4.69, 9.17) is 9.47 Å². The van der Waals surface area contributed by atoms with Crippen LogP contribution < -0.4 is 0 Å². The summed E-state index contributed by atoms with van der Waals surface area (Å²) < 4.78 is 10.1. The molecule has 0 spiro atoms. The first-order valence-corrected chi connectivity index (χ1v) is 6.78. The summed E-state index contributed by atoms with van der Waals surface area (Å²) in [6, 6.07) is 9.79. The van der Waals surface area contributed by atoms with Gasteiger partial charge in [0.25, 0.3) is 0 Å². The molecular weight excluding hydrogens is 254 g/mol. The van der Waals surface area contributed by atoms with Gasteiger partial charge in [0.1, 0.15) is 0 Å². The number of rotatable bonds is 9. The number of carbonyl (C=O) groups excluding carboxylic acids is 1. The van der Waals surface area contributed by atoms with Crippen LogP contribution in [0.1, 0.15) is 12.0 Å². The number of amides is 1. The molecule has 0 saturated carbocycles. The third-order valence-electron chi connectivity index (χ3n) is 2.87. The fourth-order valence-corrected chi connectivity index (χ4v) is 1.77. The van der Waals surface area contributed by atoms with Crippen LogP contribution in [-0.2, 0) is 14.3 Å². The summed E-state index contributed by atoms with van der Waals surface area (Å²) in [4.78, 5) is 13.9. The van der Waals surface area contributed by atoms with E-state index in [1.54, 1.807) is 25.2 Å². The van der Waals surface area contributed by atoms with Gasteiger partial charge in [-0.3, -0.25) is 4.79 Å². The molecule has 0 N–H and O–H groups in total. The van der Waals surface area contributed by atoms with Crippen LogP contribution in [-0.4, -0.2) is 51.3 Å². The van der Waals surface area contributed by atoms with Crippen LogP contribution in [0.15, 0.2) is 36.4 Å². The largest absolute Gasteiger partial charge is 0.385 e. The van der Waals surface area contributed by atoms with Crippen LogP contribution in [0.2, 0.25) is 0 Å². The third-order valence-corrected chi connectivity index (χ3v) is 2.87. The van der Waals surface area contributed by atoms with E-state index in [0.29, 0.717) is 26.3 Å². The lowest BCUT2D eigenvalue weighted by Gasteiger charge is -2.20. The molecule has 0 bridgehead atoms. The lowest BCUT2D eigenvalue weighted by molar-refractivity contribution is -0.126. The molecule has 1 amide bonds. The van der Waals surface area contributed by atoms with Crippen molar-refractivity contribution in [3.05, 3.63) is 42.0 Å². The Morgan fingerprint density at radius 1 is 1.10 bits per heavy atom. The van der Waals surface area contributed by atoms with Crippen molar-refractivity contribution in [3.8, 4) is 0 Å². The van der Waals surface area contributed by atoms with Crippen LogP contribution in [0.5, 0.6) is 0 Å². The number of methoxy groups -OCH3 is 2. The predicted octanol–water partition coefficient (Wildman–Crippen LogP) is 2.21. The normalized spacial score (nSPS) is 10.9. The van der Waals surface area contributed by atoms with Gasteiger partial charge >= 0.3 is 0 Å². The van der Waals surface area contributed by atoms with E-state index >= 15 is 0 Å². The second-order valence-electron chi connectivity index (χ2n) is 4.41. The van der Waals surface area contributed by atoms with E-state index in [1.165, 1.54) is 0 Å². The van der Waals surface area contributed by atoms with Gasteiger partial charge in [0, 0.05) is 40.0 Å². The average Bonchev–Trinajstić information content (AvgIpc) is 2.49. The summed E-state index contributed by atoms with van der Waals surface area (Å²) in [6.45, 7) is 2.46. The van der Waals surface area contributed by atoms with Gasteiger partial charge < -0.3 is 14.4 Å². The van der Waals surface area contributed by atoms with Gasteiger partial charge in [0.05, 0.1) is 6.61 Å². The Kier molecular flexibility index (Phi) is 8.35. The molecule has 4 heteroatoms. The number of carbonyl (C=O) groups is 1. The van der Waals surface area contributed by atoms with Gasteiger partial charge in [-0.15, -0.1) is 0 Å². The first-order valence-electron chi connectivity index (χ1n) is 6.78. The van der Waals surface area contributed by atoms with Crippen LogP contribution in [0.4, 0.5) is 0 Å². The molecule has 0 heterocycles. The fraction of sp³-hybridized carbons (Fsp3) is 0.438. The Morgan fingerprint density at radius 3 is 2.45 bits per heavy atom. The van der Waals surface area contributed by atoms with Gasteiger partial charge in [-0.1, -0.05) is 30.3 Å². The highest BCUT2D eigenvalue weighted by molar-refractivity contribution is 5.91. The molecule has 1 aromatic carbocycles. The maximum Gasteiger partial charge on any atom is 0.246 e. The number of nitrogens with zero attached hydrogens (tertiary/aromatic N) is 1. The van der Waals surface area contributed by atoms with Crippen molar-refractivity contribution >= 4 is 12.0 Å². The van der Waals surface area contributed by atoms with Crippen molar-refractivity contribution in [3.63, 3.8) is 0 Å². The molecule has 20 heavy (non-hydrogen) atoms. The summed E-state index contributed by atoms with van der Waals surface area (Å²) in [5.74, 6) is 0.00186. The van der Waals surface area contributed by atoms with E-state index in [0.717, 1.165) is 12.0 Å².